The number of hydrogen-bond acceptors (Lipinski definition) is 4. The molecule has 1 saturated carbocycles. The third-order valence-corrected chi connectivity index (χ3v) is 7.12. The Morgan fingerprint density at radius 1 is 1.03 bits per heavy atom. The van der Waals surface area contributed by atoms with E-state index < -0.39 is 5.60 Å². The summed E-state index contributed by atoms with van der Waals surface area (Å²) in [5, 5.41) is 12.3. The van der Waals surface area contributed by atoms with Crippen molar-refractivity contribution in [3.8, 4) is 5.75 Å². The Balaban J connectivity index is 1.37. The molecule has 4 rings (SSSR count). The van der Waals surface area contributed by atoms with Crippen LogP contribution < -0.4 is 9.64 Å². The lowest BCUT2D eigenvalue weighted by molar-refractivity contribution is -0.0595. The van der Waals surface area contributed by atoms with E-state index in [1.807, 2.05) is 24.3 Å². The van der Waals surface area contributed by atoms with Crippen molar-refractivity contribution in [2.24, 2.45) is 5.92 Å². The van der Waals surface area contributed by atoms with Gasteiger partial charge in [-0.25, -0.2) is 0 Å². The van der Waals surface area contributed by atoms with E-state index in [0.29, 0.717) is 5.92 Å². The highest BCUT2D eigenvalue weighted by atomic mass is 35.5. The molecule has 1 aliphatic carbocycles. The number of nitrogens with zero attached hydrogens (tertiary/aromatic N) is 2. The van der Waals surface area contributed by atoms with Gasteiger partial charge in [0.25, 0.3) is 0 Å². The van der Waals surface area contributed by atoms with Gasteiger partial charge in [0, 0.05) is 50.1 Å². The summed E-state index contributed by atoms with van der Waals surface area (Å²) in [7, 11) is 1.74. The average molecular weight is 429 g/mol. The molecule has 0 spiro atoms. The van der Waals surface area contributed by atoms with Gasteiger partial charge in [-0.15, -0.1) is 0 Å². The Bertz CT molecular complexity index is 820. The summed E-state index contributed by atoms with van der Waals surface area (Å²) in [5.41, 5.74) is 1.73. The maximum Gasteiger partial charge on any atom is 0.142 e. The highest BCUT2D eigenvalue weighted by molar-refractivity contribution is 6.30. The molecule has 162 valence electrons. The van der Waals surface area contributed by atoms with Crippen LogP contribution in [0.3, 0.4) is 0 Å². The zero-order valence-corrected chi connectivity index (χ0v) is 18.7. The van der Waals surface area contributed by atoms with E-state index in [9.17, 15) is 5.11 Å². The Kier molecular flexibility index (Phi) is 6.87. The fraction of sp³-hybridized carbons (Fsp3) is 0.520. The molecule has 1 aliphatic heterocycles. The highest BCUT2D eigenvalue weighted by Crippen LogP contribution is 2.37. The molecule has 2 fully saturated rings. The molecule has 4 nitrogen and oxygen atoms in total. The first-order chi connectivity index (χ1) is 14.6. The summed E-state index contributed by atoms with van der Waals surface area (Å²) >= 11 is 6.04. The zero-order valence-electron chi connectivity index (χ0n) is 17.9. The first kappa shape index (κ1) is 21.5. The quantitative estimate of drug-likeness (QED) is 0.727. The van der Waals surface area contributed by atoms with Crippen LogP contribution in [0.25, 0.3) is 0 Å². The maximum atomic E-state index is 11.6. The van der Waals surface area contributed by atoms with Crippen molar-refractivity contribution in [1.82, 2.24) is 4.90 Å². The van der Waals surface area contributed by atoms with Gasteiger partial charge in [-0.1, -0.05) is 48.7 Å². The van der Waals surface area contributed by atoms with E-state index in [1.54, 1.807) is 7.11 Å². The van der Waals surface area contributed by atoms with Crippen molar-refractivity contribution in [1.29, 1.82) is 0 Å². The van der Waals surface area contributed by atoms with Crippen LogP contribution >= 0.6 is 11.6 Å². The normalized spacial score (nSPS) is 25.3. The van der Waals surface area contributed by atoms with Crippen molar-refractivity contribution in [2.75, 3.05) is 44.7 Å². The fourth-order valence-electron chi connectivity index (χ4n) is 5.12. The van der Waals surface area contributed by atoms with Gasteiger partial charge in [0.2, 0.25) is 0 Å². The SMILES string of the molecule is COc1ccccc1N1CCN(CC2CCCCC2(O)Cc2ccc(Cl)cc2)CC1. The average Bonchev–Trinajstić information content (AvgIpc) is 2.77. The second kappa shape index (κ2) is 9.59. The third-order valence-electron chi connectivity index (χ3n) is 6.87. The lowest BCUT2D eigenvalue weighted by Crippen LogP contribution is -2.52. The van der Waals surface area contributed by atoms with Gasteiger partial charge < -0.3 is 14.7 Å². The zero-order chi connectivity index (χ0) is 21.0. The van der Waals surface area contributed by atoms with E-state index in [-0.39, 0.29) is 0 Å². The van der Waals surface area contributed by atoms with Crippen LogP contribution in [-0.2, 0) is 6.42 Å². The second-order valence-corrected chi connectivity index (χ2v) is 9.25. The minimum atomic E-state index is -0.619. The molecule has 1 N–H and O–H groups in total. The maximum absolute atomic E-state index is 11.6. The first-order valence-corrected chi connectivity index (χ1v) is 11.5. The molecule has 0 bridgehead atoms. The summed E-state index contributed by atoms with van der Waals surface area (Å²) in [4.78, 5) is 4.95. The highest BCUT2D eigenvalue weighted by Gasteiger charge is 2.40. The molecule has 2 aromatic rings. The fourth-order valence-corrected chi connectivity index (χ4v) is 5.24. The Labute approximate surface area is 185 Å². The summed E-state index contributed by atoms with van der Waals surface area (Å²) in [6, 6.07) is 16.2. The van der Waals surface area contributed by atoms with E-state index in [1.165, 1.54) is 17.7 Å². The van der Waals surface area contributed by atoms with Crippen molar-refractivity contribution in [3.63, 3.8) is 0 Å². The van der Waals surface area contributed by atoms with E-state index >= 15 is 0 Å². The van der Waals surface area contributed by atoms with Crippen molar-refractivity contribution >= 4 is 17.3 Å². The molecule has 0 radical (unpaired) electrons. The number of methoxy groups -OCH3 is 1. The van der Waals surface area contributed by atoms with E-state index in [4.69, 9.17) is 16.3 Å². The lowest BCUT2D eigenvalue weighted by atomic mass is 9.72. The minimum absolute atomic E-state index is 0.319. The Morgan fingerprint density at radius 3 is 2.50 bits per heavy atom. The number of anilines is 1. The molecule has 5 heteroatoms. The van der Waals surface area contributed by atoms with Crippen LogP contribution in [0.2, 0.25) is 5.02 Å². The number of aliphatic hydroxyl groups is 1. The number of hydrogen-bond donors (Lipinski definition) is 1. The second-order valence-electron chi connectivity index (χ2n) is 8.81. The molecular weight excluding hydrogens is 396 g/mol. The van der Waals surface area contributed by atoms with E-state index in [0.717, 1.165) is 69.2 Å². The predicted octanol–water partition coefficient (Wildman–Crippen LogP) is 4.63. The topological polar surface area (TPSA) is 35.9 Å². The predicted molar refractivity (Wildman–Crippen MR) is 124 cm³/mol. The molecular formula is C25H33ClN2O2. The molecule has 2 aromatic carbocycles. The van der Waals surface area contributed by atoms with Crippen molar-refractivity contribution < 1.29 is 9.84 Å². The first-order valence-electron chi connectivity index (χ1n) is 11.1. The van der Waals surface area contributed by atoms with Crippen LogP contribution in [0, 0.1) is 5.92 Å². The number of ether oxygens (including phenoxy) is 1. The molecule has 2 atom stereocenters. The van der Waals surface area contributed by atoms with Gasteiger partial charge >= 0.3 is 0 Å². The minimum Gasteiger partial charge on any atom is -0.495 e. The number of piperazine rings is 1. The molecule has 2 aliphatic rings. The standard InChI is InChI=1S/C25H33ClN2O2/c1-30-24-8-3-2-7-23(24)28-16-14-27(15-17-28)19-21-6-4-5-13-25(21,29)18-20-9-11-22(26)12-10-20/h2-3,7-12,21,29H,4-6,13-19H2,1H3. The third kappa shape index (κ3) is 4.93. The monoisotopic (exact) mass is 428 g/mol. The van der Waals surface area contributed by atoms with Crippen molar-refractivity contribution in [3.05, 3.63) is 59.1 Å². The smallest absolute Gasteiger partial charge is 0.142 e. The van der Waals surface area contributed by atoms with Crippen LogP contribution in [0.1, 0.15) is 31.2 Å². The molecule has 0 aromatic heterocycles. The number of para-hydroxylation sites is 2. The van der Waals surface area contributed by atoms with Gasteiger partial charge in [-0.2, -0.15) is 0 Å². The molecule has 0 amide bonds. The molecule has 1 heterocycles. The summed E-state index contributed by atoms with van der Waals surface area (Å²) in [6.07, 6.45) is 5.05. The van der Waals surface area contributed by atoms with Gasteiger partial charge in [-0.3, -0.25) is 4.90 Å². The Morgan fingerprint density at radius 2 is 1.77 bits per heavy atom. The summed E-state index contributed by atoms with van der Waals surface area (Å²) in [5.74, 6) is 1.26. The number of rotatable bonds is 6. The van der Waals surface area contributed by atoms with Gasteiger partial charge in [-0.05, 0) is 42.7 Å². The van der Waals surface area contributed by atoms with Gasteiger partial charge in [0.05, 0.1) is 18.4 Å². The summed E-state index contributed by atoms with van der Waals surface area (Å²) < 4.78 is 5.54. The van der Waals surface area contributed by atoms with Gasteiger partial charge in [0.15, 0.2) is 0 Å². The number of halogens is 1. The van der Waals surface area contributed by atoms with Crippen LogP contribution in [-0.4, -0.2) is 55.4 Å². The lowest BCUT2D eigenvalue weighted by Gasteiger charge is -2.44. The van der Waals surface area contributed by atoms with Crippen LogP contribution in [0.15, 0.2) is 48.5 Å². The van der Waals surface area contributed by atoms with Crippen LogP contribution in [0.4, 0.5) is 5.69 Å². The van der Waals surface area contributed by atoms with Crippen molar-refractivity contribution in [2.45, 2.75) is 37.7 Å². The molecule has 1 saturated heterocycles. The number of benzene rings is 2. The summed E-state index contributed by atoms with van der Waals surface area (Å²) in [6.45, 7) is 4.99. The van der Waals surface area contributed by atoms with Gasteiger partial charge in [0.1, 0.15) is 5.75 Å². The Hall–Kier alpha value is -1.75. The molecule has 2 unspecified atom stereocenters. The largest absolute Gasteiger partial charge is 0.495 e. The van der Waals surface area contributed by atoms with Crippen LogP contribution in [0.5, 0.6) is 5.75 Å². The van der Waals surface area contributed by atoms with E-state index in [2.05, 4.69) is 34.1 Å². The molecule has 30 heavy (non-hydrogen) atoms.